The largest absolute Gasteiger partial charge is 0.490 e. The van der Waals surface area contributed by atoms with Gasteiger partial charge in [-0.2, -0.15) is 0 Å². The Labute approximate surface area is 148 Å². The number of carbonyl (C=O) groups excluding carboxylic acids is 1. The van der Waals surface area contributed by atoms with Gasteiger partial charge in [-0.05, 0) is 19.1 Å². The third kappa shape index (κ3) is 4.24. The van der Waals surface area contributed by atoms with E-state index in [0.717, 1.165) is 19.5 Å². The van der Waals surface area contributed by atoms with E-state index in [1.165, 1.54) is 12.1 Å². The van der Waals surface area contributed by atoms with Crippen LogP contribution in [0.1, 0.15) is 19.8 Å². The molecular formula is C17H24N2O5S. The van der Waals surface area contributed by atoms with E-state index in [1.54, 1.807) is 11.0 Å². The molecule has 1 N–H and O–H groups in total. The SMILES string of the molecule is C[C@@H]1CNCCN1C(=O)CCS(=O)(=O)c1ccc2c(c1)OCCCO2. The topological polar surface area (TPSA) is 84.9 Å². The van der Waals surface area contributed by atoms with Gasteiger partial charge in [0, 0.05) is 44.6 Å². The van der Waals surface area contributed by atoms with Crippen LogP contribution in [0.15, 0.2) is 23.1 Å². The Morgan fingerprint density at radius 2 is 2.04 bits per heavy atom. The molecule has 2 aliphatic heterocycles. The fourth-order valence-electron chi connectivity index (χ4n) is 3.03. The lowest BCUT2D eigenvalue weighted by Crippen LogP contribution is -2.52. The van der Waals surface area contributed by atoms with E-state index >= 15 is 0 Å². The maximum absolute atomic E-state index is 12.6. The van der Waals surface area contributed by atoms with Crippen LogP contribution in [0.25, 0.3) is 0 Å². The van der Waals surface area contributed by atoms with Crippen molar-refractivity contribution in [2.24, 2.45) is 0 Å². The van der Waals surface area contributed by atoms with E-state index in [1.807, 2.05) is 6.92 Å². The Bertz CT molecular complexity index is 735. The molecule has 7 nitrogen and oxygen atoms in total. The second kappa shape index (κ2) is 7.61. The van der Waals surface area contributed by atoms with E-state index in [0.29, 0.717) is 31.3 Å². The molecule has 0 aliphatic carbocycles. The highest BCUT2D eigenvalue weighted by atomic mass is 32.2. The summed E-state index contributed by atoms with van der Waals surface area (Å²) in [5.74, 6) is 0.678. The number of sulfone groups is 1. The first kappa shape index (κ1) is 18.0. The molecule has 0 saturated carbocycles. The van der Waals surface area contributed by atoms with Gasteiger partial charge in [0.25, 0.3) is 0 Å². The van der Waals surface area contributed by atoms with Crippen molar-refractivity contribution in [2.45, 2.75) is 30.7 Å². The normalized spacial score (nSPS) is 20.8. The average molecular weight is 368 g/mol. The standard InChI is InChI=1S/C17H24N2O5S/c1-13-12-18-6-7-19(13)17(20)5-10-25(21,22)14-3-4-15-16(11-14)24-9-2-8-23-15/h3-4,11,13,18H,2,5-10,12H2,1H3/t13-/m1/s1. The Hall–Kier alpha value is -1.80. The second-order valence-electron chi connectivity index (χ2n) is 6.37. The van der Waals surface area contributed by atoms with Crippen LogP contribution in [0, 0.1) is 0 Å². The zero-order valence-corrected chi connectivity index (χ0v) is 15.2. The summed E-state index contributed by atoms with van der Waals surface area (Å²) in [7, 11) is -3.56. The van der Waals surface area contributed by atoms with Crippen molar-refractivity contribution in [1.29, 1.82) is 0 Å². The van der Waals surface area contributed by atoms with Gasteiger partial charge < -0.3 is 19.7 Å². The molecule has 1 saturated heterocycles. The molecule has 2 heterocycles. The molecule has 0 unspecified atom stereocenters. The number of nitrogens with zero attached hydrogens (tertiary/aromatic N) is 1. The Balaban J connectivity index is 1.67. The summed E-state index contributed by atoms with van der Waals surface area (Å²) in [5.41, 5.74) is 0. The summed E-state index contributed by atoms with van der Waals surface area (Å²) in [6, 6.07) is 4.71. The van der Waals surface area contributed by atoms with Crippen LogP contribution in [0.5, 0.6) is 11.5 Å². The number of ether oxygens (including phenoxy) is 2. The first-order chi connectivity index (χ1) is 12.0. The molecule has 3 rings (SSSR count). The fraction of sp³-hybridized carbons (Fsp3) is 0.588. The summed E-state index contributed by atoms with van der Waals surface area (Å²) in [4.78, 5) is 14.3. The number of fused-ring (bicyclic) bond motifs is 1. The van der Waals surface area contributed by atoms with Crippen molar-refractivity contribution in [2.75, 3.05) is 38.6 Å². The highest BCUT2D eigenvalue weighted by Crippen LogP contribution is 2.32. The predicted molar refractivity (Wildman–Crippen MR) is 92.8 cm³/mol. The molecule has 1 fully saturated rings. The molecule has 1 atom stereocenters. The van der Waals surface area contributed by atoms with Crippen molar-refractivity contribution < 1.29 is 22.7 Å². The van der Waals surface area contributed by atoms with Crippen LogP contribution in [-0.2, 0) is 14.6 Å². The van der Waals surface area contributed by atoms with Gasteiger partial charge in [-0.25, -0.2) is 8.42 Å². The number of carbonyl (C=O) groups is 1. The number of amides is 1. The summed E-state index contributed by atoms with van der Waals surface area (Å²) in [5, 5.41) is 3.21. The monoisotopic (exact) mass is 368 g/mol. The van der Waals surface area contributed by atoms with Crippen molar-refractivity contribution in [1.82, 2.24) is 10.2 Å². The molecule has 1 aromatic rings. The van der Waals surface area contributed by atoms with Gasteiger partial charge in [0.1, 0.15) is 0 Å². The van der Waals surface area contributed by atoms with Gasteiger partial charge in [0.05, 0.1) is 23.9 Å². The minimum absolute atomic E-state index is 0.0128. The first-order valence-corrected chi connectivity index (χ1v) is 10.3. The fourth-order valence-corrected chi connectivity index (χ4v) is 4.27. The highest BCUT2D eigenvalue weighted by molar-refractivity contribution is 7.91. The summed E-state index contributed by atoms with van der Waals surface area (Å²) in [6.45, 7) is 5.10. The van der Waals surface area contributed by atoms with E-state index in [-0.39, 0.29) is 29.0 Å². The lowest BCUT2D eigenvalue weighted by molar-refractivity contribution is -0.133. The lowest BCUT2D eigenvalue weighted by atomic mass is 10.2. The average Bonchev–Trinajstić information content (AvgIpc) is 2.85. The van der Waals surface area contributed by atoms with Gasteiger partial charge in [-0.15, -0.1) is 0 Å². The van der Waals surface area contributed by atoms with E-state index in [4.69, 9.17) is 9.47 Å². The van der Waals surface area contributed by atoms with Crippen molar-refractivity contribution in [3.63, 3.8) is 0 Å². The summed E-state index contributed by atoms with van der Waals surface area (Å²) in [6.07, 6.45) is 0.745. The van der Waals surface area contributed by atoms with E-state index < -0.39 is 9.84 Å². The molecule has 25 heavy (non-hydrogen) atoms. The van der Waals surface area contributed by atoms with Gasteiger partial charge in [0.2, 0.25) is 5.91 Å². The lowest BCUT2D eigenvalue weighted by Gasteiger charge is -2.34. The molecule has 0 radical (unpaired) electrons. The molecule has 138 valence electrons. The Kier molecular flexibility index (Phi) is 5.48. The molecule has 0 bridgehead atoms. The minimum atomic E-state index is -3.56. The molecular weight excluding hydrogens is 344 g/mol. The predicted octanol–water partition coefficient (Wildman–Crippen LogP) is 0.832. The summed E-state index contributed by atoms with van der Waals surface area (Å²) >= 11 is 0. The zero-order valence-electron chi connectivity index (χ0n) is 14.4. The minimum Gasteiger partial charge on any atom is -0.490 e. The van der Waals surface area contributed by atoms with Gasteiger partial charge in [-0.3, -0.25) is 4.79 Å². The second-order valence-corrected chi connectivity index (χ2v) is 8.48. The number of hydrogen-bond acceptors (Lipinski definition) is 6. The Morgan fingerprint density at radius 1 is 1.28 bits per heavy atom. The van der Waals surface area contributed by atoms with Crippen LogP contribution in [0.2, 0.25) is 0 Å². The van der Waals surface area contributed by atoms with Crippen LogP contribution in [0.3, 0.4) is 0 Å². The third-order valence-electron chi connectivity index (χ3n) is 4.48. The van der Waals surface area contributed by atoms with Gasteiger partial charge >= 0.3 is 0 Å². The van der Waals surface area contributed by atoms with Crippen molar-refractivity contribution >= 4 is 15.7 Å². The van der Waals surface area contributed by atoms with Gasteiger partial charge in [-0.1, -0.05) is 0 Å². The van der Waals surface area contributed by atoms with Crippen LogP contribution >= 0.6 is 0 Å². The third-order valence-corrected chi connectivity index (χ3v) is 6.20. The zero-order chi connectivity index (χ0) is 17.9. The van der Waals surface area contributed by atoms with Gasteiger partial charge in [0.15, 0.2) is 21.3 Å². The summed E-state index contributed by atoms with van der Waals surface area (Å²) < 4.78 is 36.3. The highest BCUT2D eigenvalue weighted by Gasteiger charge is 2.25. The van der Waals surface area contributed by atoms with E-state index in [2.05, 4.69) is 5.32 Å². The molecule has 1 amide bonds. The number of benzene rings is 1. The first-order valence-electron chi connectivity index (χ1n) is 8.60. The number of rotatable bonds is 4. The van der Waals surface area contributed by atoms with Crippen molar-refractivity contribution in [3.8, 4) is 11.5 Å². The number of nitrogens with one attached hydrogen (secondary N) is 1. The number of hydrogen-bond donors (Lipinski definition) is 1. The molecule has 1 aromatic carbocycles. The maximum atomic E-state index is 12.6. The smallest absolute Gasteiger partial charge is 0.223 e. The number of piperazine rings is 1. The molecule has 8 heteroatoms. The van der Waals surface area contributed by atoms with Crippen LogP contribution < -0.4 is 14.8 Å². The molecule has 2 aliphatic rings. The van der Waals surface area contributed by atoms with Crippen LogP contribution in [0.4, 0.5) is 0 Å². The molecule has 0 aromatic heterocycles. The molecule has 0 spiro atoms. The van der Waals surface area contributed by atoms with Crippen molar-refractivity contribution in [3.05, 3.63) is 18.2 Å². The quantitative estimate of drug-likeness (QED) is 0.847. The van der Waals surface area contributed by atoms with E-state index in [9.17, 15) is 13.2 Å². The van der Waals surface area contributed by atoms with Crippen LogP contribution in [-0.4, -0.2) is 63.9 Å². The Morgan fingerprint density at radius 3 is 2.80 bits per heavy atom. The maximum Gasteiger partial charge on any atom is 0.223 e.